The van der Waals surface area contributed by atoms with Crippen LogP contribution in [0.15, 0.2) is 91.0 Å². The Morgan fingerprint density at radius 2 is 1.60 bits per heavy atom. The van der Waals surface area contributed by atoms with Gasteiger partial charge in [0.05, 0.1) is 19.8 Å². The van der Waals surface area contributed by atoms with Crippen LogP contribution in [0.25, 0.3) is 10.8 Å². The Morgan fingerprint density at radius 1 is 0.825 bits per heavy atom. The average Bonchev–Trinajstić information content (AvgIpc) is 3.46. The minimum atomic E-state index is 0.266. The van der Waals surface area contributed by atoms with Crippen LogP contribution < -0.4 is 19.7 Å². The van der Waals surface area contributed by atoms with E-state index in [0.29, 0.717) is 39.1 Å². The summed E-state index contributed by atoms with van der Waals surface area (Å²) in [6.45, 7) is 6.71. The third kappa shape index (κ3) is 7.33. The van der Waals surface area contributed by atoms with Crippen LogP contribution in [0, 0.1) is 0 Å². The molecule has 1 N–H and O–H groups in total. The Morgan fingerprint density at radius 3 is 2.48 bits per heavy atom. The zero-order valence-electron chi connectivity index (χ0n) is 23.6. The number of fused-ring (bicyclic) bond motifs is 1. The summed E-state index contributed by atoms with van der Waals surface area (Å²) in [5.41, 5.74) is 3.64. The van der Waals surface area contributed by atoms with Crippen LogP contribution in [0.1, 0.15) is 30.5 Å². The predicted octanol–water partition coefficient (Wildman–Crippen LogP) is 6.39. The van der Waals surface area contributed by atoms with Gasteiger partial charge < -0.3 is 29.2 Å². The number of ether oxygens (including phenoxy) is 4. The molecule has 2 atom stereocenters. The van der Waals surface area contributed by atoms with Crippen LogP contribution in [0.2, 0.25) is 0 Å². The second-order valence-electron chi connectivity index (χ2n) is 10.2. The smallest absolute Gasteiger partial charge is 0.163 e. The van der Waals surface area contributed by atoms with Crippen molar-refractivity contribution in [1.29, 1.82) is 0 Å². The van der Waals surface area contributed by atoms with Crippen LogP contribution in [-0.4, -0.2) is 52.7 Å². The second-order valence-corrected chi connectivity index (χ2v) is 10.2. The summed E-state index contributed by atoms with van der Waals surface area (Å²) < 4.78 is 23.1. The summed E-state index contributed by atoms with van der Waals surface area (Å²) >= 11 is 0. The first-order valence-electron chi connectivity index (χ1n) is 14.2. The fourth-order valence-electron chi connectivity index (χ4n) is 5.34. The van der Waals surface area contributed by atoms with Crippen LogP contribution in [0.5, 0.6) is 11.5 Å². The van der Waals surface area contributed by atoms with Gasteiger partial charge in [0.15, 0.2) is 11.5 Å². The SMILES string of the molecule is COCCOc1ccc(N2CC[C@H](N[C@H](C)c3cccc4ccccc34)C2)cc1OCCOCc1ccccc1. The van der Waals surface area contributed by atoms with E-state index in [0.717, 1.165) is 42.3 Å². The zero-order valence-corrected chi connectivity index (χ0v) is 23.6. The van der Waals surface area contributed by atoms with E-state index < -0.39 is 0 Å². The van der Waals surface area contributed by atoms with Gasteiger partial charge in [-0.3, -0.25) is 0 Å². The van der Waals surface area contributed by atoms with E-state index >= 15 is 0 Å². The highest BCUT2D eigenvalue weighted by Crippen LogP contribution is 2.34. The molecule has 0 saturated carbocycles. The maximum absolute atomic E-state index is 6.16. The van der Waals surface area contributed by atoms with E-state index in [2.05, 4.69) is 83.9 Å². The van der Waals surface area contributed by atoms with E-state index in [9.17, 15) is 0 Å². The zero-order chi connectivity index (χ0) is 27.6. The number of benzene rings is 4. The van der Waals surface area contributed by atoms with Gasteiger partial charge in [0.2, 0.25) is 0 Å². The van der Waals surface area contributed by atoms with Crippen molar-refractivity contribution >= 4 is 16.5 Å². The van der Waals surface area contributed by atoms with Gasteiger partial charge in [0.1, 0.15) is 13.2 Å². The first-order chi connectivity index (χ1) is 19.7. The Labute approximate surface area is 237 Å². The van der Waals surface area contributed by atoms with Crippen molar-refractivity contribution in [3.05, 3.63) is 102 Å². The number of nitrogens with one attached hydrogen (secondary N) is 1. The highest BCUT2D eigenvalue weighted by Gasteiger charge is 2.25. The van der Waals surface area contributed by atoms with Crippen LogP contribution in [0.3, 0.4) is 0 Å². The topological polar surface area (TPSA) is 52.2 Å². The van der Waals surface area contributed by atoms with Gasteiger partial charge in [-0.2, -0.15) is 0 Å². The fourth-order valence-corrected chi connectivity index (χ4v) is 5.34. The van der Waals surface area contributed by atoms with Gasteiger partial charge >= 0.3 is 0 Å². The van der Waals surface area contributed by atoms with Crippen molar-refractivity contribution in [2.45, 2.75) is 32.0 Å². The quantitative estimate of drug-likeness (QED) is 0.187. The molecule has 1 fully saturated rings. The molecule has 0 bridgehead atoms. The Balaban J connectivity index is 1.19. The van der Waals surface area contributed by atoms with E-state index in [1.165, 1.54) is 16.3 Å². The third-order valence-corrected chi connectivity index (χ3v) is 7.40. The summed E-state index contributed by atoms with van der Waals surface area (Å²) in [6.07, 6.45) is 1.09. The molecule has 1 saturated heterocycles. The van der Waals surface area contributed by atoms with Gasteiger partial charge in [0, 0.05) is 44.0 Å². The molecule has 5 rings (SSSR count). The standard InChI is InChI=1S/C34H40N2O4/c1-26(31-14-8-12-28-11-6-7-13-32(28)31)35-29-17-18-36(24-29)30-15-16-33(39-21-19-37-2)34(23-30)40-22-20-38-25-27-9-4-3-5-10-27/h3-16,23,26,29,35H,17-22,24-25H2,1-2H3/t26-,29+/m1/s1. The summed E-state index contributed by atoms with van der Waals surface area (Å²) in [5, 5.41) is 6.48. The first kappa shape index (κ1) is 28.0. The van der Waals surface area contributed by atoms with Crippen molar-refractivity contribution in [1.82, 2.24) is 5.32 Å². The molecular weight excluding hydrogens is 500 g/mol. The normalized spacial score (nSPS) is 15.8. The molecule has 0 spiro atoms. The molecule has 6 nitrogen and oxygen atoms in total. The molecule has 6 heteroatoms. The molecule has 0 amide bonds. The lowest BCUT2D eigenvalue weighted by Crippen LogP contribution is -2.34. The van der Waals surface area contributed by atoms with Gasteiger partial charge in [-0.05, 0) is 47.4 Å². The largest absolute Gasteiger partial charge is 0.487 e. The predicted molar refractivity (Wildman–Crippen MR) is 162 cm³/mol. The van der Waals surface area contributed by atoms with Crippen LogP contribution >= 0.6 is 0 Å². The molecule has 1 aliphatic heterocycles. The minimum Gasteiger partial charge on any atom is -0.487 e. The first-order valence-corrected chi connectivity index (χ1v) is 14.2. The Bertz CT molecular complexity index is 1340. The highest BCUT2D eigenvalue weighted by atomic mass is 16.5. The molecule has 0 aromatic heterocycles. The summed E-state index contributed by atoms with van der Waals surface area (Å²) in [4.78, 5) is 2.42. The lowest BCUT2D eigenvalue weighted by Gasteiger charge is -2.23. The third-order valence-electron chi connectivity index (χ3n) is 7.40. The molecule has 40 heavy (non-hydrogen) atoms. The van der Waals surface area contributed by atoms with Crippen molar-refractivity contribution in [3.63, 3.8) is 0 Å². The summed E-state index contributed by atoms with van der Waals surface area (Å²) in [6, 6.07) is 32.3. The van der Waals surface area contributed by atoms with Gasteiger partial charge in [-0.1, -0.05) is 72.8 Å². The van der Waals surface area contributed by atoms with Crippen molar-refractivity contribution < 1.29 is 18.9 Å². The van der Waals surface area contributed by atoms with E-state index in [-0.39, 0.29) is 6.04 Å². The average molecular weight is 541 g/mol. The maximum atomic E-state index is 6.16. The number of rotatable bonds is 14. The van der Waals surface area contributed by atoms with Crippen molar-refractivity contribution in [2.75, 3.05) is 51.5 Å². The molecular formula is C34H40N2O4. The molecule has 1 heterocycles. The Hall–Kier alpha value is -3.58. The molecule has 4 aromatic rings. The van der Waals surface area contributed by atoms with E-state index in [4.69, 9.17) is 18.9 Å². The molecule has 0 unspecified atom stereocenters. The number of hydrogen-bond donors (Lipinski definition) is 1. The lowest BCUT2D eigenvalue weighted by molar-refractivity contribution is 0.0868. The molecule has 0 aliphatic carbocycles. The minimum absolute atomic E-state index is 0.266. The second kappa shape index (κ2) is 14.2. The van der Waals surface area contributed by atoms with Crippen molar-refractivity contribution in [3.8, 4) is 11.5 Å². The molecule has 4 aromatic carbocycles. The molecule has 210 valence electrons. The summed E-state index contributed by atoms with van der Waals surface area (Å²) in [5.74, 6) is 1.46. The fraction of sp³-hybridized carbons (Fsp3) is 0.353. The highest BCUT2D eigenvalue weighted by molar-refractivity contribution is 5.86. The Kier molecular flexibility index (Phi) is 9.91. The number of anilines is 1. The number of methoxy groups -OCH3 is 1. The van der Waals surface area contributed by atoms with Gasteiger partial charge in [0.25, 0.3) is 0 Å². The van der Waals surface area contributed by atoms with Crippen LogP contribution in [-0.2, 0) is 16.1 Å². The maximum Gasteiger partial charge on any atom is 0.163 e. The molecule has 1 aliphatic rings. The van der Waals surface area contributed by atoms with Gasteiger partial charge in [-0.15, -0.1) is 0 Å². The van der Waals surface area contributed by atoms with Gasteiger partial charge in [-0.25, -0.2) is 0 Å². The van der Waals surface area contributed by atoms with E-state index in [1.807, 2.05) is 24.3 Å². The van der Waals surface area contributed by atoms with E-state index in [1.54, 1.807) is 7.11 Å². The molecule has 0 radical (unpaired) electrons. The van der Waals surface area contributed by atoms with Crippen molar-refractivity contribution in [2.24, 2.45) is 0 Å². The lowest BCUT2D eigenvalue weighted by atomic mass is 9.99. The monoisotopic (exact) mass is 540 g/mol. The number of hydrogen-bond acceptors (Lipinski definition) is 6. The number of nitrogens with zero attached hydrogens (tertiary/aromatic N) is 1. The summed E-state index contributed by atoms with van der Waals surface area (Å²) in [7, 11) is 1.67. The van der Waals surface area contributed by atoms with Crippen LogP contribution in [0.4, 0.5) is 5.69 Å².